The highest BCUT2D eigenvalue weighted by Gasteiger charge is 2.26. The van der Waals surface area contributed by atoms with Crippen molar-refractivity contribution in [1.82, 2.24) is 0 Å². The molecule has 0 aliphatic rings. The fourth-order valence-corrected chi connectivity index (χ4v) is 1.40. The first kappa shape index (κ1) is 14.8. The smallest absolute Gasteiger partial charge is 0.335 e. The van der Waals surface area contributed by atoms with Gasteiger partial charge < -0.3 is 19.7 Å². The van der Waals surface area contributed by atoms with E-state index in [-0.39, 0.29) is 11.1 Å². The molecule has 0 saturated heterocycles. The maximum atomic E-state index is 10.9. The highest BCUT2D eigenvalue weighted by atomic mass is 16.7. The van der Waals surface area contributed by atoms with Crippen LogP contribution in [-0.2, 0) is 14.3 Å². The van der Waals surface area contributed by atoms with Crippen LogP contribution >= 0.6 is 0 Å². The summed E-state index contributed by atoms with van der Waals surface area (Å²) in [5.74, 6) is -1.10. The van der Waals surface area contributed by atoms with Crippen molar-refractivity contribution >= 4 is 5.97 Å². The van der Waals surface area contributed by atoms with E-state index < -0.39 is 18.4 Å². The van der Waals surface area contributed by atoms with Crippen LogP contribution in [0, 0.1) is 0 Å². The summed E-state index contributed by atoms with van der Waals surface area (Å²) in [5, 5.41) is 18.8. The van der Waals surface area contributed by atoms with Crippen LogP contribution in [0.5, 0.6) is 0 Å². The normalized spacial score (nSPS) is 15.4. The Morgan fingerprint density at radius 2 is 1.69 bits per heavy atom. The van der Waals surface area contributed by atoms with Crippen LogP contribution in [0.15, 0.2) is 23.3 Å². The maximum Gasteiger partial charge on any atom is 0.335 e. The fraction of sp³-hybridized carbons (Fsp3) is 0.545. The number of carbonyl (C=O) groups is 1. The Hall–Kier alpha value is -1.17. The quantitative estimate of drug-likeness (QED) is 0.403. The van der Waals surface area contributed by atoms with Crippen molar-refractivity contribution in [2.45, 2.75) is 26.2 Å². The molecule has 0 aliphatic heterocycles. The van der Waals surface area contributed by atoms with Crippen LogP contribution in [0.4, 0.5) is 0 Å². The highest BCUT2D eigenvalue weighted by molar-refractivity contribution is 5.92. The third-order valence-electron chi connectivity index (χ3n) is 2.18. The SMILES string of the molecule is C/C=C(C(=O)O)\C(=C/C)C(O)C(OC)OC. The van der Waals surface area contributed by atoms with Crippen LogP contribution in [0.2, 0.25) is 0 Å². The summed E-state index contributed by atoms with van der Waals surface area (Å²) in [4.78, 5) is 10.9. The molecular formula is C11H18O5. The van der Waals surface area contributed by atoms with E-state index in [0.29, 0.717) is 0 Å². The molecule has 1 unspecified atom stereocenters. The van der Waals surface area contributed by atoms with E-state index in [9.17, 15) is 9.90 Å². The van der Waals surface area contributed by atoms with Crippen molar-refractivity contribution in [2.24, 2.45) is 0 Å². The van der Waals surface area contributed by atoms with E-state index in [1.54, 1.807) is 13.8 Å². The van der Waals surface area contributed by atoms with E-state index in [1.807, 2.05) is 0 Å². The number of carboxylic acid groups (broad SMARTS) is 1. The van der Waals surface area contributed by atoms with Crippen molar-refractivity contribution in [3.05, 3.63) is 23.3 Å². The number of hydrogen-bond acceptors (Lipinski definition) is 4. The van der Waals surface area contributed by atoms with Gasteiger partial charge in [0.15, 0.2) is 6.29 Å². The molecule has 0 aromatic heterocycles. The van der Waals surface area contributed by atoms with Gasteiger partial charge in [-0.3, -0.25) is 0 Å². The summed E-state index contributed by atoms with van der Waals surface area (Å²) in [5.41, 5.74) is 0.304. The zero-order chi connectivity index (χ0) is 12.7. The van der Waals surface area contributed by atoms with Gasteiger partial charge in [-0.05, 0) is 19.4 Å². The highest BCUT2D eigenvalue weighted by Crippen LogP contribution is 2.19. The Morgan fingerprint density at radius 3 is 1.94 bits per heavy atom. The van der Waals surface area contributed by atoms with Gasteiger partial charge in [-0.25, -0.2) is 4.79 Å². The average molecular weight is 230 g/mol. The predicted octanol–water partition coefficient (Wildman–Crippen LogP) is 0.943. The van der Waals surface area contributed by atoms with Gasteiger partial charge in [0.25, 0.3) is 0 Å². The van der Waals surface area contributed by atoms with E-state index >= 15 is 0 Å². The van der Waals surface area contributed by atoms with Crippen LogP contribution in [0.3, 0.4) is 0 Å². The van der Waals surface area contributed by atoms with Gasteiger partial charge in [0.2, 0.25) is 0 Å². The summed E-state index contributed by atoms with van der Waals surface area (Å²) in [6.45, 7) is 3.24. The van der Waals surface area contributed by atoms with Crippen molar-refractivity contribution in [3.63, 3.8) is 0 Å². The van der Waals surface area contributed by atoms with E-state index in [4.69, 9.17) is 14.6 Å². The molecule has 0 rings (SSSR count). The Morgan fingerprint density at radius 1 is 1.19 bits per heavy atom. The number of ether oxygens (including phenoxy) is 2. The van der Waals surface area contributed by atoms with E-state index in [2.05, 4.69) is 0 Å². The second kappa shape index (κ2) is 7.16. The molecule has 0 aliphatic carbocycles. The minimum Gasteiger partial charge on any atom is -0.478 e. The average Bonchev–Trinajstić information content (AvgIpc) is 2.26. The van der Waals surface area contributed by atoms with Crippen molar-refractivity contribution in [2.75, 3.05) is 14.2 Å². The molecule has 0 saturated carbocycles. The van der Waals surface area contributed by atoms with Gasteiger partial charge in [0, 0.05) is 14.2 Å². The standard InChI is InChI=1S/C11H18O5/c1-5-7(8(6-2)10(13)14)9(12)11(15-3)16-4/h5-6,9,11-12H,1-4H3,(H,13,14)/b7-5+,8-6+. The molecule has 0 heterocycles. The minimum absolute atomic E-state index is 0.0362. The molecule has 0 fully saturated rings. The molecule has 0 aromatic carbocycles. The van der Waals surface area contributed by atoms with E-state index in [0.717, 1.165) is 0 Å². The second-order valence-electron chi connectivity index (χ2n) is 3.04. The topological polar surface area (TPSA) is 76.0 Å². The van der Waals surface area contributed by atoms with Crippen molar-refractivity contribution in [1.29, 1.82) is 0 Å². The lowest BCUT2D eigenvalue weighted by Gasteiger charge is -2.22. The molecule has 0 spiro atoms. The summed E-state index contributed by atoms with van der Waals surface area (Å²) >= 11 is 0. The van der Waals surface area contributed by atoms with Crippen LogP contribution in [-0.4, -0.2) is 42.8 Å². The summed E-state index contributed by atoms with van der Waals surface area (Å²) in [6.07, 6.45) is 0.922. The van der Waals surface area contributed by atoms with Crippen molar-refractivity contribution < 1.29 is 24.5 Å². The molecule has 5 heteroatoms. The fourth-order valence-electron chi connectivity index (χ4n) is 1.40. The lowest BCUT2D eigenvalue weighted by atomic mass is 9.99. The molecule has 16 heavy (non-hydrogen) atoms. The molecule has 5 nitrogen and oxygen atoms in total. The van der Waals surface area contributed by atoms with Crippen LogP contribution < -0.4 is 0 Å². The Balaban J connectivity index is 5.08. The maximum absolute atomic E-state index is 10.9. The second-order valence-corrected chi connectivity index (χ2v) is 3.04. The third-order valence-corrected chi connectivity index (χ3v) is 2.18. The first-order valence-corrected chi connectivity index (χ1v) is 4.83. The largest absolute Gasteiger partial charge is 0.478 e. The number of aliphatic carboxylic acids is 1. The van der Waals surface area contributed by atoms with Gasteiger partial charge in [-0.1, -0.05) is 12.2 Å². The lowest BCUT2D eigenvalue weighted by Crippen LogP contribution is -2.33. The molecule has 0 amide bonds. The Bertz CT molecular complexity index is 289. The lowest BCUT2D eigenvalue weighted by molar-refractivity contribution is -0.153. The number of rotatable bonds is 6. The molecule has 0 aromatic rings. The molecule has 0 radical (unpaired) electrons. The van der Waals surface area contributed by atoms with Gasteiger partial charge in [0.1, 0.15) is 6.10 Å². The van der Waals surface area contributed by atoms with Gasteiger partial charge in [0.05, 0.1) is 5.57 Å². The van der Waals surface area contributed by atoms with Crippen LogP contribution in [0.25, 0.3) is 0 Å². The monoisotopic (exact) mass is 230 g/mol. The van der Waals surface area contributed by atoms with Gasteiger partial charge in [-0.15, -0.1) is 0 Å². The van der Waals surface area contributed by atoms with Crippen LogP contribution in [0.1, 0.15) is 13.8 Å². The molecule has 92 valence electrons. The van der Waals surface area contributed by atoms with Crippen molar-refractivity contribution in [3.8, 4) is 0 Å². The number of allylic oxidation sites excluding steroid dienone is 2. The summed E-state index contributed by atoms with van der Waals surface area (Å²) < 4.78 is 9.77. The third kappa shape index (κ3) is 3.44. The number of carboxylic acids is 1. The molecule has 1 atom stereocenters. The number of methoxy groups -OCH3 is 2. The van der Waals surface area contributed by atoms with E-state index in [1.165, 1.54) is 26.4 Å². The number of aliphatic hydroxyl groups excluding tert-OH is 1. The molecular weight excluding hydrogens is 212 g/mol. The van der Waals surface area contributed by atoms with Gasteiger partial charge in [-0.2, -0.15) is 0 Å². The Kier molecular flexibility index (Phi) is 6.64. The number of aliphatic hydroxyl groups is 1. The molecule has 2 N–H and O–H groups in total. The number of hydrogen-bond donors (Lipinski definition) is 2. The predicted molar refractivity (Wildman–Crippen MR) is 59.0 cm³/mol. The zero-order valence-electron chi connectivity index (χ0n) is 9.93. The Labute approximate surface area is 95.0 Å². The minimum atomic E-state index is -1.14. The summed E-state index contributed by atoms with van der Waals surface area (Å²) in [7, 11) is 2.75. The first-order chi connectivity index (χ1) is 7.53. The van der Waals surface area contributed by atoms with Gasteiger partial charge >= 0.3 is 5.97 Å². The first-order valence-electron chi connectivity index (χ1n) is 4.83. The molecule has 0 bridgehead atoms. The summed E-state index contributed by atoms with van der Waals surface area (Å²) in [6, 6.07) is 0. The zero-order valence-corrected chi connectivity index (χ0v) is 9.93.